The Morgan fingerprint density at radius 1 is 1.00 bits per heavy atom. The van der Waals surface area contributed by atoms with Gasteiger partial charge in [0.15, 0.2) is 11.6 Å². The Hall–Kier alpha value is -2.27. The number of nitrogens with zero attached hydrogens (tertiary/aromatic N) is 3. The molecule has 0 saturated heterocycles. The summed E-state index contributed by atoms with van der Waals surface area (Å²) in [6, 6.07) is 0. The van der Waals surface area contributed by atoms with Gasteiger partial charge in [-0.3, -0.25) is 0 Å². The van der Waals surface area contributed by atoms with Gasteiger partial charge in [-0.15, -0.1) is 10.2 Å². The first-order valence-corrected chi connectivity index (χ1v) is 4.92. The maximum Gasteiger partial charge on any atom is 0.266 e. The van der Waals surface area contributed by atoms with Crippen LogP contribution in [0.1, 0.15) is 0 Å². The van der Waals surface area contributed by atoms with Crippen molar-refractivity contribution in [2.24, 2.45) is 0 Å². The topological polar surface area (TPSA) is 170 Å². The van der Waals surface area contributed by atoms with Crippen LogP contribution in [-0.2, 0) is 0 Å². The van der Waals surface area contributed by atoms with Crippen molar-refractivity contribution in [3.05, 3.63) is 25.3 Å². The molecule has 10 nitrogen and oxygen atoms in total. The summed E-state index contributed by atoms with van der Waals surface area (Å²) >= 11 is 0. The third-order valence-electron chi connectivity index (χ3n) is 1.97. The summed E-state index contributed by atoms with van der Waals surface area (Å²) in [6.07, 6.45) is 1.54. The molecule has 0 saturated carbocycles. The highest BCUT2D eigenvalue weighted by atomic mass is 16.5. The normalized spacial score (nSPS) is 11.8. The number of aliphatic hydroxyl groups is 4. The number of nitrogens with two attached hydrogens (primary N) is 1. The van der Waals surface area contributed by atoms with E-state index in [1.807, 2.05) is 0 Å². The van der Waals surface area contributed by atoms with E-state index in [0.29, 0.717) is 0 Å². The highest BCUT2D eigenvalue weighted by Gasteiger charge is 2.26. The number of hydrogen-bond donors (Lipinski definition) is 7. The number of nitrogens with one attached hydrogen (secondary N) is 2. The molecule has 1 aromatic rings. The predicted octanol–water partition coefficient (Wildman–Crippen LogP) is -2.07. The molecule has 0 bridgehead atoms. The molecule has 10 heteroatoms. The zero-order valence-electron chi connectivity index (χ0n) is 9.78. The third-order valence-corrected chi connectivity index (χ3v) is 1.97. The second-order valence-electron chi connectivity index (χ2n) is 3.51. The lowest BCUT2D eigenvalue weighted by molar-refractivity contribution is -0.0944. The summed E-state index contributed by atoms with van der Waals surface area (Å²) in [7, 11) is 0. The van der Waals surface area contributed by atoms with Crippen LogP contribution in [0.25, 0.3) is 0 Å². The van der Waals surface area contributed by atoms with E-state index in [-0.39, 0.29) is 17.3 Å². The summed E-state index contributed by atoms with van der Waals surface area (Å²) in [5.74, 6) is -5.55. The minimum Gasteiger partial charge on any atom is -0.380 e. The first kappa shape index (κ1) is 14.8. The summed E-state index contributed by atoms with van der Waals surface area (Å²) in [5, 5.41) is 51.9. The highest BCUT2D eigenvalue weighted by molar-refractivity contribution is 5.75. The third kappa shape index (κ3) is 3.86. The van der Waals surface area contributed by atoms with Gasteiger partial charge < -0.3 is 36.8 Å². The fourth-order valence-electron chi connectivity index (χ4n) is 1.01. The molecule has 0 fully saturated rings. The Kier molecular flexibility index (Phi) is 4.01. The van der Waals surface area contributed by atoms with Gasteiger partial charge in [0, 0.05) is 0 Å². The lowest BCUT2D eigenvalue weighted by Gasteiger charge is -2.24. The molecule has 1 aromatic heterocycles. The van der Waals surface area contributed by atoms with Gasteiger partial charge in [-0.25, -0.2) is 0 Å². The molecule has 1 rings (SSSR count). The van der Waals surface area contributed by atoms with Gasteiger partial charge in [-0.1, -0.05) is 13.2 Å². The Labute approximate surface area is 107 Å². The highest BCUT2D eigenvalue weighted by Crippen LogP contribution is 2.27. The smallest absolute Gasteiger partial charge is 0.266 e. The molecule has 0 aromatic carbocycles. The van der Waals surface area contributed by atoms with Gasteiger partial charge in [0.05, 0.1) is 0 Å². The Morgan fingerprint density at radius 2 is 1.53 bits per heavy atom. The number of nitrogen functional groups attached to an aromatic ring is 1. The van der Waals surface area contributed by atoms with E-state index in [2.05, 4.69) is 39.2 Å². The van der Waals surface area contributed by atoms with Gasteiger partial charge in [-0.05, 0) is 17.4 Å². The Balaban J connectivity index is 3.16. The van der Waals surface area contributed by atoms with Crippen LogP contribution in [0.3, 0.4) is 0 Å². The van der Waals surface area contributed by atoms with E-state index in [0.717, 1.165) is 12.2 Å². The number of aromatic nitrogens is 3. The van der Waals surface area contributed by atoms with Crippen LogP contribution in [0.15, 0.2) is 25.3 Å². The lowest BCUT2D eigenvalue weighted by atomic mass is 10.3. The largest absolute Gasteiger partial charge is 0.380 e. The minimum atomic E-state index is -2.50. The Bertz CT molecular complexity index is 490. The van der Waals surface area contributed by atoms with Gasteiger partial charge >= 0.3 is 0 Å². The molecular formula is C9H14N6O4. The van der Waals surface area contributed by atoms with Crippen molar-refractivity contribution in [3.63, 3.8) is 0 Å². The zero-order valence-corrected chi connectivity index (χ0v) is 9.78. The second-order valence-corrected chi connectivity index (χ2v) is 3.51. The zero-order chi connectivity index (χ0) is 14.7. The van der Waals surface area contributed by atoms with Crippen LogP contribution in [0.4, 0.5) is 17.3 Å². The SMILES string of the molecule is C=CC(O)(O)Nc1nnnc(N)c1NC(O)(O)C=C. The van der Waals surface area contributed by atoms with Crippen LogP contribution in [0.5, 0.6) is 0 Å². The molecule has 0 radical (unpaired) electrons. The van der Waals surface area contributed by atoms with Crippen molar-refractivity contribution in [1.82, 2.24) is 15.4 Å². The number of anilines is 3. The van der Waals surface area contributed by atoms with Crippen molar-refractivity contribution in [2.45, 2.75) is 11.8 Å². The van der Waals surface area contributed by atoms with E-state index in [1.54, 1.807) is 0 Å². The molecular weight excluding hydrogens is 256 g/mol. The summed E-state index contributed by atoms with van der Waals surface area (Å²) in [5.41, 5.74) is 5.27. The Morgan fingerprint density at radius 3 is 2.05 bits per heavy atom. The van der Waals surface area contributed by atoms with Crippen molar-refractivity contribution in [1.29, 1.82) is 0 Å². The standard InChI is InChI=1S/C9H14N6O4/c1-3-8(16,17)11-5-6(10)13-15-14-7(5)12-9(18,19)4-2/h3-4,16-19H,1-2H2,(H,11,15)(H3,10,12,13,14). The molecule has 0 atom stereocenters. The van der Waals surface area contributed by atoms with Crippen molar-refractivity contribution < 1.29 is 20.4 Å². The van der Waals surface area contributed by atoms with Crippen molar-refractivity contribution >= 4 is 17.3 Å². The van der Waals surface area contributed by atoms with Crippen LogP contribution < -0.4 is 16.4 Å². The molecule has 0 spiro atoms. The van der Waals surface area contributed by atoms with E-state index in [4.69, 9.17) is 5.73 Å². The maximum absolute atomic E-state index is 9.40. The fraction of sp³-hybridized carbons (Fsp3) is 0.222. The molecule has 1 heterocycles. The molecule has 0 amide bonds. The van der Waals surface area contributed by atoms with Gasteiger partial charge in [-0.2, -0.15) is 0 Å². The minimum absolute atomic E-state index is 0.214. The van der Waals surface area contributed by atoms with Crippen molar-refractivity contribution in [2.75, 3.05) is 16.4 Å². The van der Waals surface area contributed by atoms with Crippen LogP contribution >= 0.6 is 0 Å². The van der Waals surface area contributed by atoms with E-state index >= 15 is 0 Å². The van der Waals surface area contributed by atoms with E-state index in [9.17, 15) is 20.4 Å². The predicted molar refractivity (Wildman–Crippen MR) is 66.2 cm³/mol. The fourth-order valence-corrected chi connectivity index (χ4v) is 1.01. The number of rotatable bonds is 6. The molecule has 104 valence electrons. The van der Waals surface area contributed by atoms with Crippen LogP contribution in [0.2, 0.25) is 0 Å². The average molecular weight is 270 g/mol. The quantitative estimate of drug-likeness (QED) is 0.225. The van der Waals surface area contributed by atoms with Crippen LogP contribution in [0, 0.1) is 0 Å². The van der Waals surface area contributed by atoms with E-state index < -0.39 is 11.8 Å². The van der Waals surface area contributed by atoms with Crippen molar-refractivity contribution in [3.8, 4) is 0 Å². The monoisotopic (exact) mass is 270 g/mol. The summed E-state index contributed by atoms with van der Waals surface area (Å²) < 4.78 is 0. The summed E-state index contributed by atoms with van der Waals surface area (Å²) in [4.78, 5) is 0. The molecule has 19 heavy (non-hydrogen) atoms. The molecule has 0 unspecified atom stereocenters. The molecule has 0 aliphatic heterocycles. The second kappa shape index (κ2) is 5.16. The maximum atomic E-state index is 9.40. The average Bonchev–Trinajstić information content (AvgIpc) is 2.33. The molecule has 0 aliphatic rings. The first-order valence-electron chi connectivity index (χ1n) is 4.92. The van der Waals surface area contributed by atoms with Crippen LogP contribution in [-0.4, -0.2) is 47.7 Å². The van der Waals surface area contributed by atoms with Gasteiger partial charge in [0.2, 0.25) is 0 Å². The molecule has 0 aliphatic carbocycles. The number of hydrogen-bond acceptors (Lipinski definition) is 10. The van der Waals surface area contributed by atoms with Gasteiger partial charge in [0.1, 0.15) is 5.69 Å². The van der Waals surface area contributed by atoms with Gasteiger partial charge in [0.25, 0.3) is 11.8 Å². The summed E-state index contributed by atoms with van der Waals surface area (Å²) in [6.45, 7) is 6.36. The lowest BCUT2D eigenvalue weighted by Crippen LogP contribution is -2.39. The van der Waals surface area contributed by atoms with E-state index in [1.165, 1.54) is 0 Å². The molecule has 8 N–H and O–H groups in total. The first-order chi connectivity index (χ1) is 8.71.